The quantitative estimate of drug-likeness (QED) is 0.616. The lowest BCUT2D eigenvalue weighted by atomic mass is 9.66. The second-order valence-corrected chi connectivity index (χ2v) is 11.8. The van der Waals surface area contributed by atoms with Crippen LogP contribution in [-0.2, 0) is 9.84 Å². The lowest BCUT2D eigenvalue weighted by Crippen LogP contribution is -2.32. The molecule has 3 atom stereocenters. The van der Waals surface area contributed by atoms with Crippen LogP contribution in [0.15, 0.2) is 45.7 Å². The lowest BCUT2D eigenvalue weighted by molar-refractivity contribution is 0.0641. The molecular formula is C24H36O3S. The van der Waals surface area contributed by atoms with Crippen molar-refractivity contribution in [3.8, 4) is 0 Å². The van der Waals surface area contributed by atoms with Gasteiger partial charge in [-0.2, -0.15) is 0 Å². The molecule has 156 valence electrons. The summed E-state index contributed by atoms with van der Waals surface area (Å²) < 4.78 is 26.7. The molecule has 0 unspecified atom stereocenters. The average Bonchev–Trinajstić information content (AvgIpc) is 2.98. The Morgan fingerprint density at radius 1 is 1.21 bits per heavy atom. The number of rotatable bonds is 7. The van der Waals surface area contributed by atoms with Crippen molar-refractivity contribution in [3.63, 3.8) is 0 Å². The Morgan fingerprint density at radius 2 is 1.89 bits per heavy atom. The SMILES string of the molecule is C[C@H](CCCC(C)(C)O)[C@H]1CCC2=C(S(=O)(=O)c3ccccc3)CCC[C@@]21C. The predicted octanol–water partition coefficient (Wildman–Crippen LogP) is 5.89. The molecule has 1 N–H and O–H groups in total. The Morgan fingerprint density at radius 3 is 2.54 bits per heavy atom. The van der Waals surface area contributed by atoms with Gasteiger partial charge in [0.25, 0.3) is 0 Å². The largest absolute Gasteiger partial charge is 0.390 e. The van der Waals surface area contributed by atoms with E-state index in [1.54, 1.807) is 12.1 Å². The highest BCUT2D eigenvalue weighted by Crippen LogP contribution is 2.58. The van der Waals surface area contributed by atoms with E-state index in [4.69, 9.17) is 0 Å². The Labute approximate surface area is 171 Å². The number of allylic oxidation sites excluding steroid dienone is 2. The lowest BCUT2D eigenvalue weighted by Gasteiger charge is -2.40. The molecule has 4 heteroatoms. The van der Waals surface area contributed by atoms with Gasteiger partial charge in [0.15, 0.2) is 0 Å². The summed E-state index contributed by atoms with van der Waals surface area (Å²) in [5, 5.41) is 9.99. The third kappa shape index (κ3) is 4.23. The van der Waals surface area contributed by atoms with E-state index < -0.39 is 15.4 Å². The highest BCUT2D eigenvalue weighted by molar-refractivity contribution is 7.95. The van der Waals surface area contributed by atoms with Gasteiger partial charge in [0, 0.05) is 4.91 Å². The summed E-state index contributed by atoms with van der Waals surface area (Å²) in [4.78, 5) is 1.14. The Kier molecular flexibility index (Phi) is 6.12. The molecule has 0 aromatic heterocycles. The van der Waals surface area contributed by atoms with Crippen molar-refractivity contribution < 1.29 is 13.5 Å². The van der Waals surface area contributed by atoms with Crippen LogP contribution in [0.1, 0.15) is 79.1 Å². The van der Waals surface area contributed by atoms with Crippen LogP contribution in [0.4, 0.5) is 0 Å². The number of hydrogen-bond acceptors (Lipinski definition) is 3. The number of fused-ring (bicyclic) bond motifs is 1. The minimum Gasteiger partial charge on any atom is -0.390 e. The minimum absolute atomic E-state index is 0.00355. The average molecular weight is 405 g/mol. The molecule has 0 radical (unpaired) electrons. The van der Waals surface area contributed by atoms with Crippen molar-refractivity contribution in [3.05, 3.63) is 40.8 Å². The number of aliphatic hydroxyl groups is 1. The number of hydrogen-bond donors (Lipinski definition) is 1. The molecule has 2 aliphatic rings. The molecular weight excluding hydrogens is 368 g/mol. The molecule has 1 saturated carbocycles. The minimum atomic E-state index is -3.39. The summed E-state index contributed by atoms with van der Waals surface area (Å²) in [6.45, 7) is 8.38. The summed E-state index contributed by atoms with van der Waals surface area (Å²) in [5.74, 6) is 1.08. The molecule has 1 aromatic carbocycles. The van der Waals surface area contributed by atoms with Gasteiger partial charge >= 0.3 is 0 Å². The summed E-state index contributed by atoms with van der Waals surface area (Å²) >= 11 is 0. The molecule has 0 heterocycles. The highest BCUT2D eigenvalue weighted by atomic mass is 32.2. The van der Waals surface area contributed by atoms with E-state index in [1.165, 1.54) is 5.57 Å². The van der Waals surface area contributed by atoms with E-state index in [2.05, 4.69) is 13.8 Å². The van der Waals surface area contributed by atoms with Crippen LogP contribution in [0.2, 0.25) is 0 Å². The van der Waals surface area contributed by atoms with E-state index >= 15 is 0 Å². The molecule has 0 saturated heterocycles. The second-order valence-electron chi connectivity index (χ2n) is 9.82. The maximum Gasteiger partial charge on any atom is 0.202 e. The first-order valence-corrected chi connectivity index (χ1v) is 12.3. The molecule has 0 aliphatic heterocycles. The highest BCUT2D eigenvalue weighted by Gasteiger charge is 2.49. The van der Waals surface area contributed by atoms with Gasteiger partial charge in [-0.1, -0.05) is 44.9 Å². The molecule has 3 nitrogen and oxygen atoms in total. The van der Waals surface area contributed by atoms with Gasteiger partial charge in [-0.25, -0.2) is 8.42 Å². The Bertz CT molecular complexity index is 817. The maximum absolute atomic E-state index is 13.3. The zero-order valence-electron chi connectivity index (χ0n) is 17.9. The summed E-state index contributed by atoms with van der Waals surface area (Å²) in [6.07, 6.45) is 7.66. The van der Waals surface area contributed by atoms with Gasteiger partial charge in [-0.05, 0) is 87.3 Å². The summed E-state index contributed by atoms with van der Waals surface area (Å²) in [6, 6.07) is 8.93. The summed E-state index contributed by atoms with van der Waals surface area (Å²) in [7, 11) is -3.39. The normalized spacial score (nSPS) is 27.0. The molecule has 0 amide bonds. The van der Waals surface area contributed by atoms with Crippen LogP contribution < -0.4 is 0 Å². The molecule has 1 aromatic rings. The van der Waals surface area contributed by atoms with Crippen LogP contribution in [-0.4, -0.2) is 19.1 Å². The molecule has 2 aliphatic carbocycles. The van der Waals surface area contributed by atoms with Crippen molar-refractivity contribution in [1.82, 2.24) is 0 Å². The van der Waals surface area contributed by atoms with Crippen molar-refractivity contribution in [1.29, 1.82) is 0 Å². The van der Waals surface area contributed by atoms with E-state index in [-0.39, 0.29) is 5.41 Å². The van der Waals surface area contributed by atoms with Crippen molar-refractivity contribution in [2.45, 2.75) is 89.6 Å². The smallest absolute Gasteiger partial charge is 0.202 e. The van der Waals surface area contributed by atoms with Crippen LogP contribution >= 0.6 is 0 Å². The maximum atomic E-state index is 13.3. The van der Waals surface area contributed by atoms with Gasteiger partial charge in [-0.15, -0.1) is 0 Å². The first kappa shape index (κ1) is 21.6. The predicted molar refractivity (Wildman–Crippen MR) is 115 cm³/mol. The summed E-state index contributed by atoms with van der Waals surface area (Å²) in [5.41, 5.74) is 0.609. The van der Waals surface area contributed by atoms with Crippen LogP contribution in [0, 0.1) is 17.3 Å². The van der Waals surface area contributed by atoms with Crippen LogP contribution in [0.5, 0.6) is 0 Å². The third-order valence-electron chi connectivity index (χ3n) is 7.16. The van der Waals surface area contributed by atoms with Gasteiger partial charge in [0.05, 0.1) is 10.5 Å². The third-order valence-corrected chi connectivity index (χ3v) is 9.15. The number of sulfone groups is 1. The zero-order chi connectivity index (χ0) is 20.6. The van der Waals surface area contributed by atoms with Crippen molar-refractivity contribution in [2.75, 3.05) is 0 Å². The van der Waals surface area contributed by atoms with E-state index in [0.717, 1.165) is 44.9 Å². The van der Waals surface area contributed by atoms with Crippen molar-refractivity contribution in [2.24, 2.45) is 17.3 Å². The van der Waals surface area contributed by atoms with Gasteiger partial charge in [-0.3, -0.25) is 0 Å². The fraction of sp³-hybridized carbons (Fsp3) is 0.667. The van der Waals surface area contributed by atoms with E-state index in [9.17, 15) is 13.5 Å². The van der Waals surface area contributed by atoms with Crippen molar-refractivity contribution >= 4 is 9.84 Å². The molecule has 28 heavy (non-hydrogen) atoms. The first-order valence-electron chi connectivity index (χ1n) is 10.8. The Hall–Kier alpha value is -1.13. The molecule has 0 spiro atoms. The van der Waals surface area contributed by atoms with E-state index in [1.807, 2.05) is 32.0 Å². The molecule has 3 rings (SSSR count). The van der Waals surface area contributed by atoms with E-state index in [0.29, 0.717) is 28.1 Å². The molecule has 0 bridgehead atoms. The molecule has 1 fully saturated rings. The first-order chi connectivity index (χ1) is 13.1. The zero-order valence-corrected chi connectivity index (χ0v) is 18.7. The topological polar surface area (TPSA) is 54.4 Å². The van der Waals surface area contributed by atoms with Gasteiger partial charge in [0.2, 0.25) is 9.84 Å². The van der Waals surface area contributed by atoms with Crippen LogP contribution in [0.25, 0.3) is 0 Å². The number of benzene rings is 1. The van der Waals surface area contributed by atoms with Crippen LogP contribution in [0.3, 0.4) is 0 Å². The second kappa shape index (κ2) is 7.95. The standard InChI is InChI=1S/C24H36O3S/c1-18(10-8-16-23(2,3)25)20-14-15-21-22(13-9-17-24(20,21)4)28(26,27)19-11-6-5-7-12-19/h5-7,11-12,18,20,25H,8-10,13-17H2,1-4H3/t18-,20-,24-/m1/s1. The Balaban J connectivity index is 1.85. The fourth-order valence-corrected chi connectivity index (χ4v) is 7.57. The monoisotopic (exact) mass is 404 g/mol. The fourth-order valence-electron chi connectivity index (χ4n) is 5.70. The van der Waals surface area contributed by atoms with Gasteiger partial charge < -0.3 is 5.11 Å². The van der Waals surface area contributed by atoms with Gasteiger partial charge in [0.1, 0.15) is 0 Å².